The molecule has 16 heavy (non-hydrogen) atoms. The van der Waals surface area contributed by atoms with E-state index < -0.39 is 0 Å². The lowest BCUT2D eigenvalue weighted by Gasteiger charge is -2.03. The molecule has 2 nitrogen and oxygen atoms in total. The first-order chi connectivity index (χ1) is 7.79. The van der Waals surface area contributed by atoms with Gasteiger partial charge in [-0.3, -0.25) is 0 Å². The molecular formula is C14H15NO. The number of oxime groups is 1. The van der Waals surface area contributed by atoms with E-state index in [0.717, 1.165) is 12.1 Å². The van der Waals surface area contributed by atoms with Crippen LogP contribution in [0.3, 0.4) is 0 Å². The smallest absolute Gasteiger partial charge is 0.106 e. The summed E-state index contributed by atoms with van der Waals surface area (Å²) in [4.78, 5) is 4.75. The van der Waals surface area contributed by atoms with Gasteiger partial charge in [0.2, 0.25) is 0 Å². The van der Waals surface area contributed by atoms with Gasteiger partial charge in [0, 0.05) is 6.42 Å². The van der Waals surface area contributed by atoms with E-state index in [1.54, 1.807) is 7.11 Å². The average molecular weight is 213 g/mol. The van der Waals surface area contributed by atoms with Crippen LogP contribution in [-0.4, -0.2) is 12.8 Å². The quantitative estimate of drug-likeness (QED) is 0.565. The minimum atomic E-state index is 0.832. The van der Waals surface area contributed by atoms with Gasteiger partial charge in [-0.1, -0.05) is 47.6 Å². The second-order valence-corrected chi connectivity index (χ2v) is 3.87. The first-order valence-electron chi connectivity index (χ1n) is 5.34. The highest BCUT2D eigenvalue weighted by atomic mass is 16.6. The van der Waals surface area contributed by atoms with Crippen molar-refractivity contribution < 1.29 is 4.84 Å². The maximum Gasteiger partial charge on any atom is 0.106 e. The van der Waals surface area contributed by atoms with E-state index >= 15 is 0 Å². The van der Waals surface area contributed by atoms with Crippen molar-refractivity contribution in [3.63, 3.8) is 0 Å². The molecule has 0 saturated heterocycles. The Morgan fingerprint density at radius 2 is 1.88 bits per heavy atom. The third-order valence-electron chi connectivity index (χ3n) is 2.52. The van der Waals surface area contributed by atoms with Crippen molar-refractivity contribution >= 4 is 16.5 Å². The van der Waals surface area contributed by atoms with E-state index in [1.165, 1.54) is 16.3 Å². The second kappa shape index (κ2) is 4.79. The van der Waals surface area contributed by atoms with Gasteiger partial charge in [-0.25, -0.2) is 0 Å². The van der Waals surface area contributed by atoms with Crippen LogP contribution in [0.15, 0.2) is 47.6 Å². The van der Waals surface area contributed by atoms with Crippen molar-refractivity contribution in [1.29, 1.82) is 0 Å². The molecule has 0 radical (unpaired) electrons. The third kappa shape index (κ3) is 2.40. The number of hydrogen-bond donors (Lipinski definition) is 0. The van der Waals surface area contributed by atoms with Gasteiger partial charge in [0.1, 0.15) is 7.11 Å². The fraction of sp³-hybridized carbons (Fsp3) is 0.214. The molecule has 0 fully saturated rings. The van der Waals surface area contributed by atoms with Crippen molar-refractivity contribution in [3.8, 4) is 0 Å². The van der Waals surface area contributed by atoms with Crippen molar-refractivity contribution in [2.45, 2.75) is 13.3 Å². The Hall–Kier alpha value is -1.83. The number of rotatable bonds is 3. The van der Waals surface area contributed by atoms with Crippen LogP contribution in [0.25, 0.3) is 10.8 Å². The molecule has 0 atom stereocenters. The fourth-order valence-corrected chi connectivity index (χ4v) is 1.83. The molecule has 0 aliphatic carbocycles. The third-order valence-corrected chi connectivity index (χ3v) is 2.52. The van der Waals surface area contributed by atoms with Gasteiger partial charge < -0.3 is 4.84 Å². The Labute approximate surface area is 95.5 Å². The molecule has 2 aromatic carbocycles. The summed E-state index contributed by atoms with van der Waals surface area (Å²) >= 11 is 0. The van der Waals surface area contributed by atoms with Crippen molar-refractivity contribution in [3.05, 3.63) is 48.0 Å². The lowest BCUT2D eigenvalue weighted by Crippen LogP contribution is -1.97. The zero-order valence-corrected chi connectivity index (χ0v) is 9.60. The number of nitrogens with zero attached hydrogens (tertiary/aromatic N) is 1. The van der Waals surface area contributed by atoms with Crippen LogP contribution in [-0.2, 0) is 11.3 Å². The molecule has 2 heteroatoms. The Kier molecular flexibility index (Phi) is 3.20. The molecule has 0 aromatic heterocycles. The number of fused-ring (bicyclic) bond motifs is 1. The van der Waals surface area contributed by atoms with E-state index in [-0.39, 0.29) is 0 Å². The Bertz CT molecular complexity index is 517. The highest BCUT2D eigenvalue weighted by Crippen LogP contribution is 2.16. The maximum absolute atomic E-state index is 4.75. The number of benzene rings is 2. The summed E-state index contributed by atoms with van der Waals surface area (Å²) in [5.74, 6) is 0. The van der Waals surface area contributed by atoms with E-state index in [2.05, 4.69) is 47.6 Å². The van der Waals surface area contributed by atoms with Crippen molar-refractivity contribution in [2.24, 2.45) is 5.16 Å². The predicted octanol–water partition coefficient (Wildman–Crippen LogP) is 3.40. The molecule has 0 unspecified atom stereocenters. The fourth-order valence-electron chi connectivity index (χ4n) is 1.83. The first kappa shape index (κ1) is 10.7. The molecule has 0 heterocycles. The lowest BCUT2D eigenvalue weighted by atomic mass is 10.0. The van der Waals surface area contributed by atoms with Gasteiger partial charge in [-0.2, -0.15) is 0 Å². The summed E-state index contributed by atoms with van der Waals surface area (Å²) in [7, 11) is 1.57. The van der Waals surface area contributed by atoms with Crippen LogP contribution < -0.4 is 0 Å². The Balaban J connectivity index is 2.29. The van der Waals surface area contributed by atoms with E-state index in [4.69, 9.17) is 4.84 Å². The van der Waals surface area contributed by atoms with Gasteiger partial charge >= 0.3 is 0 Å². The van der Waals surface area contributed by atoms with Crippen LogP contribution in [0.2, 0.25) is 0 Å². The molecule has 2 rings (SSSR count). The SMILES string of the molecule is CON=C(C)Cc1ccc2ccccc2c1. The Morgan fingerprint density at radius 3 is 2.62 bits per heavy atom. The predicted molar refractivity (Wildman–Crippen MR) is 67.8 cm³/mol. The molecule has 0 saturated carbocycles. The summed E-state index contributed by atoms with van der Waals surface area (Å²) in [6.45, 7) is 1.97. The first-order valence-corrected chi connectivity index (χ1v) is 5.34. The van der Waals surface area contributed by atoms with Gasteiger partial charge in [-0.05, 0) is 23.3 Å². The monoisotopic (exact) mass is 213 g/mol. The van der Waals surface area contributed by atoms with E-state index in [9.17, 15) is 0 Å². The zero-order valence-electron chi connectivity index (χ0n) is 9.60. The molecule has 0 bridgehead atoms. The summed E-state index contributed by atoms with van der Waals surface area (Å²) in [5.41, 5.74) is 2.25. The maximum atomic E-state index is 4.75. The molecule has 0 aliphatic heterocycles. The zero-order chi connectivity index (χ0) is 11.4. The molecule has 82 valence electrons. The van der Waals surface area contributed by atoms with Gasteiger partial charge in [-0.15, -0.1) is 0 Å². The summed E-state index contributed by atoms with van der Waals surface area (Å²) in [6.07, 6.45) is 0.832. The normalized spacial score (nSPS) is 11.8. The van der Waals surface area contributed by atoms with Crippen LogP contribution in [0, 0.1) is 0 Å². The van der Waals surface area contributed by atoms with Gasteiger partial charge in [0.25, 0.3) is 0 Å². The minimum Gasteiger partial charge on any atom is -0.399 e. The second-order valence-electron chi connectivity index (χ2n) is 3.87. The summed E-state index contributed by atoms with van der Waals surface area (Å²) < 4.78 is 0. The summed E-state index contributed by atoms with van der Waals surface area (Å²) in [5, 5.41) is 6.46. The minimum absolute atomic E-state index is 0.832. The summed E-state index contributed by atoms with van der Waals surface area (Å²) in [6, 6.07) is 14.8. The highest BCUT2D eigenvalue weighted by Gasteiger charge is 1.98. The molecule has 2 aromatic rings. The van der Waals surface area contributed by atoms with Crippen LogP contribution in [0.5, 0.6) is 0 Å². The van der Waals surface area contributed by atoms with Crippen molar-refractivity contribution in [2.75, 3.05) is 7.11 Å². The molecule has 0 spiro atoms. The van der Waals surface area contributed by atoms with Crippen LogP contribution in [0.4, 0.5) is 0 Å². The van der Waals surface area contributed by atoms with Crippen LogP contribution >= 0.6 is 0 Å². The topological polar surface area (TPSA) is 21.6 Å². The Morgan fingerprint density at radius 1 is 1.12 bits per heavy atom. The lowest BCUT2D eigenvalue weighted by molar-refractivity contribution is 0.212. The molecule has 0 aliphatic rings. The molecule has 0 N–H and O–H groups in total. The largest absolute Gasteiger partial charge is 0.399 e. The number of hydrogen-bond acceptors (Lipinski definition) is 2. The van der Waals surface area contributed by atoms with Crippen molar-refractivity contribution in [1.82, 2.24) is 0 Å². The van der Waals surface area contributed by atoms with Crippen LogP contribution in [0.1, 0.15) is 12.5 Å². The van der Waals surface area contributed by atoms with Gasteiger partial charge in [0.15, 0.2) is 0 Å². The average Bonchev–Trinajstić information content (AvgIpc) is 2.29. The van der Waals surface area contributed by atoms with E-state index in [0.29, 0.717) is 0 Å². The standard InChI is InChI=1S/C14H15NO/c1-11(15-16-2)9-12-7-8-13-5-3-4-6-14(13)10-12/h3-8,10H,9H2,1-2H3. The molecular weight excluding hydrogens is 198 g/mol. The highest BCUT2D eigenvalue weighted by molar-refractivity contribution is 5.87. The molecule has 0 amide bonds. The van der Waals surface area contributed by atoms with E-state index in [1.807, 2.05) is 6.92 Å². The van der Waals surface area contributed by atoms with Gasteiger partial charge in [0.05, 0.1) is 5.71 Å².